The summed E-state index contributed by atoms with van der Waals surface area (Å²) in [5.41, 5.74) is 4.20. The Morgan fingerprint density at radius 2 is 1.65 bits per heavy atom. The van der Waals surface area contributed by atoms with Gasteiger partial charge in [0, 0.05) is 19.1 Å². The molecule has 0 bridgehead atoms. The van der Waals surface area contributed by atoms with Gasteiger partial charge in [0.25, 0.3) is 0 Å². The predicted octanol–water partition coefficient (Wildman–Crippen LogP) is 4.52. The van der Waals surface area contributed by atoms with Gasteiger partial charge in [-0.1, -0.05) is 73.9 Å². The number of aliphatic imine (C=N–C) groups is 1. The Morgan fingerprint density at radius 3 is 2.46 bits per heavy atom. The van der Waals surface area contributed by atoms with E-state index in [0.29, 0.717) is 6.04 Å². The summed E-state index contributed by atoms with van der Waals surface area (Å²) in [4.78, 5) is 7.46. The molecule has 136 valence electrons. The first-order valence-corrected chi connectivity index (χ1v) is 10.0. The van der Waals surface area contributed by atoms with Crippen LogP contribution in [-0.4, -0.2) is 23.4 Å². The standard InChI is InChI=1S/C23H29N3/c1-3-9-19(10-4-1)17-24-23(25-22-13-5-2-6-14-22)26-16-15-20-11-7-8-12-21(20)18-26/h1,3-4,7-12,22H,2,5-6,13-18H2,(H,24,25). The number of nitrogens with one attached hydrogen (secondary N) is 1. The van der Waals surface area contributed by atoms with Crippen molar-refractivity contribution in [1.82, 2.24) is 10.2 Å². The minimum absolute atomic E-state index is 0.579. The number of benzene rings is 2. The monoisotopic (exact) mass is 347 g/mol. The van der Waals surface area contributed by atoms with Crippen LogP contribution in [0, 0.1) is 0 Å². The maximum atomic E-state index is 5.02. The van der Waals surface area contributed by atoms with Crippen LogP contribution in [0.5, 0.6) is 0 Å². The largest absolute Gasteiger partial charge is 0.353 e. The van der Waals surface area contributed by atoms with E-state index >= 15 is 0 Å². The smallest absolute Gasteiger partial charge is 0.194 e. The van der Waals surface area contributed by atoms with E-state index in [1.54, 1.807) is 0 Å². The number of hydrogen-bond donors (Lipinski definition) is 1. The Hall–Kier alpha value is -2.29. The Bertz CT molecular complexity index is 732. The minimum atomic E-state index is 0.579. The first kappa shape index (κ1) is 17.1. The van der Waals surface area contributed by atoms with Gasteiger partial charge >= 0.3 is 0 Å². The van der Waals surface area contributed by atoms with E-state index in [9.17, 15) is 0 Å². The van der Waals surface area contributed by atoms with E-state index < -0.39 is 0 Å². The molecule has 26 heavy (non-hydrogen) atoms. The summed E-state index contributed by atoms with van der Waals surface area (Å²) in [5.74, 6) is 1.09. The lowest BCUT2D eigenvalue weighted by molar-refractivity contribution is 0.348. The molecular weight excluding hydrogens is 318 g/mol. The summed E-state index contributed by atoms with van der Waals surface area (Å²) >= 11 is 0. The van der Waals surface area contributed by atoms with Crippen LogP contribution in [0.3, 0.4) is 0 Å². The Labute approximate surface area is 157 Å². The van der Waals surface area contributed by atoms with Crippen molar-refractivity contribution in [2.75, 3.05) is 6.54 Å². The van der Waals surface area contributed by atoms with Crippen molar-refractivity contribution >= 4 is 5.96 Å². The lowest BCUT2D eigenvalue weighted by Crippen LogP contribution is -2.48. The second kappa shape index (κ2) is 8.39. The maximum absolute atomic E-state index is 5.02. The number of nitrogens with zero attached hydrogens (tertiary/aromatic N) is 2. The number of rotatable bonds is 3. The van der Waals surface area contributed by atoms with Gasteiger partial charge in [-0.2, -0.15) is 0 Å². The zero-order valence-corrected chi connectivity index (χ0v) is 15.5. The third kappa shape index (κ3) is 4.27. The van der Waals surface area contributed by atoms with Gasteiger partial charge in [-0.05, 0) is 36.0 Å². The van der Waals surface area contributed by atoms with Crippen molar-refractivity contribution in [3.05, 3.63) is 71.3 Å². The van der Waals surface area contributed by atoms with Gasteiger partial charge < -0.3 is 10.2 Å². The molecule has 1 saturated carbocycles. The van der Waals surface area contributed by atoms with Crippen LogP contribution in [0.4, 0.5) is 0 Å². The maximum Gasteiger partial charge on any atom is 0.194 e. The highest BCUT2D eigenvalue weighted by Gasteiger charge is 2.22. The fourth-order valence-electron chi connectivity index (χ4n) is 4.09. The van der Waals surface area contributed by atoms with Crippen molar-refractivity contribution in [1.29, 1.82) is 0 Å². The summed E-state index contributed by atoms with van der Waals surface area (Å²) in [5, 5.41) is 3.80. The van der Waals surface area contributed by atoms with Crippen molar-refractivity contribution in [3.63, 3.8) is 0 Å². The summed E-state index contributed by atoms with van der Waals surface area (Å²) in [6, 6.07) is 20.0. The minimum Gasteiger partial charge on any atom is -0.353 e. The normalized spacial score (nSPS) is 18.5. The zero-order chi connectivity index (χ0) is 17.6. The number of guanidine groups is 1. The lowest BCUT2D eigenvalue weighted by atomic mass is 9.95. The van der Waals surface area contributed by atoms with E-state index in [-0.39, 0.29) is 0 Å². The Balaban J connectivity index is 1.51. The van der Waals surface area contributed by atoms with Crippen LogP contribution < -0.4 is 5.32 Å². The second-order valence-electron chi connectivity index (χ2n) is 7.54. The van der Waals surface area contributed by atoms with Gasteiger partial charge in [0.15, 0.2) is 5.96 Å². The van der Waals surface area contributed by atoms with E-state index in [1.807, 2.05) is 0 Å². The molecular formula is C23H29N3. The third-order valence-electron chi connectivity index (χ3n) is 5.62. The average molecular weight is 348 g/mol. The molecule has 1 fully saturated rings. The van der Waals surface area contributed by atoms with E-state index in [1.165, 1.54) is 48.8 Å². The van der Waals surface area contributed by atoms with Crippen molar-refractivity contribution < 1.29 is 0 Å². The molecule has 1 N–H and O–H groups in total. The molecule has 2 aromatic rings. The van der Waals surface area contributed by atoms with Crippen LogP contribution in [0.15, 0.2) is 59.6 Å². The molecule has 2 aliphatic rings. The highest BCUT2D eigenvalue weighted by Crippen LogP contribution is 2.21. The van der Waals surface area contributed by atoms with Crippen LogP contribution in [0.2, 0.25) is 0 Å². The van der Waals surface area contributed by atoms with Crippen LogP contribution in [0.25, 0.3) is 0 Å². The van der Waals surface area contributed by atoms with Crippen molar-refractivity contribution in [2.45, 2.75) is 57.7 Å². The molecule has 0 aromatic heterocycles. The second-order valence-corrected chi connectivity index (χ2v) is 7.54. The lowest BCUT2D eigenvalue weighted by Gasteiger charge is -2.34. The summed E-state index contributed by atoms with van der Waals surface area (Å²) in [6.45, 7) is 2.75. The van der Waals surface area contributed by atoms with E-state index in [0.717, 1.165) is 32.0 Å². The summed E-state index contributed by atoms with van der Waals surface area (Å²) < 4.78 is 0. The molecule has 0 atom stereocenters. The first-order chi connectivity index (χ1) is 12.9. The van der Waals surface area contributed by atoms with Gasteiger partial charge in [-0.3, -0.25) is 0 Å². The highest BCUT2D eigenvalue weighted by molar-refractivity contribution is 5.80. The van der Waals surface area contributed by atoms with E-state index in [4.69, 9.17) is 4.99 Å². The van der Waals surface area contributed by atoms with Crippen LogP contribution >= 0.6 is 0 Å². The summed E-state index contributed by atoms with van der Waals surface area (Å²) in [7, 11) is 0. The third-order valence-corrected chi connectivity index (χ3v) is 5.62. The predicted molar refractivity (Wildman–Crippen MR) is 108 cm³/mol. The van der Waals surface area contributed by atoms with Crippen molar-refractivity contribution in [2.24, 2.45) is 4.99 Å². The molecule has 0 radical (unpaired) electrons. The fourth-order valence-corrected chi connectivity index (χ4v) is 4.09. The quantitative estimate of drug-likeness (QED) is 0.653. The molecule has 0 unspecified atom stereocenters. The fraction of sp³-hybridized carbons (Fsp3) is 0.435. The highest BCUT2D eigenvalue weighted by atomic mass is 15.3. The zero-order valence-electron chi connectivity index (χ0n) is 15.5. The molecule has 2 aromatic carbocycles. The van der Waals surface area contributed by atoms with Crippen LogP contribution in [-0.2, 0) is 19.5 Å². The SMILES string of the molecule is c1ccc(CN=C(NC2CCCCC2)N2CCc3ccccc3C2)cc1. The van der Waals surface area contributed by atoms with Crippen LogP contribution in [0.1, 0.15) is 48.8 Å². The molecule has 0 amide bonds. The molecule has 1 aliphatic carbocycles. The van der Waals surface area contributed by atoms with Gasteiger partial charge in [-0.25, -0.2) is 4.99 Å². The molecule has 3 heteroatoms. The van der Waals surface area contributed by atoms with Gasteiger partial charge in [-0.15, -0.1) is 0 Å². The Kier molecular flexibility index (Phi) is 5.53. The van der Waals surface area contributed by atoms with Crippen molar-refractivity contribution in [3.8, 4) is 0 Å². The summed E-state index contributed by atoms with van der Waals surface area (Å²) in [6.07, 6.45) is 7.71. The first-order valence-electron chi connectivity index (χ1n) is 10.0. The molecule has 4 rings (SSSR count). The number of fused-ring (bicyclic) bond motifs is 1. The number of hydrogen-bond acceptors (Lipinski definition) is 1. The molecule has 3 nitrogen and oxygen atoms in total. The van der Waals surface area contributed by atoms with Gasteiger partial charge in [0.1, 0.15) is 0 Å². The molecule has 1 aliphatic heterocycles. The van der Waals surface area contributed by atoms with Gasteiger partial charge in [0.2, 0.25) is 0 Å². The van der Waals surface area contributed by atoms with Gasteiger partial charge in [0.05, 0.1) is 6.54 Å². The topological polar surface area (TPSA) is 27.6 Å². The van der Waals surface area contributed by atoms with E-state index in [2.05, 4.69) is 64.8 Å². The molecule has 0 saturated heterocycles. The molecule has 1 heterocycles. The Morgan fingerprint density at radius 1 is 0.923 bits per heavy atom. The average Bonchev–Trinajstić information content (AvgIpc) is 2.72. The molecule has 0 spiro atoms.